The molecule has 3 aromatic heterocycles. The summed E-state index contributed by atoms with van der Waals surface area (Å²) in [5.41, 5.74) is 2.85. The maximum Gasteiger partial charge on any atom is 0.248 e. The number of halogens is 2. The molecule has 2 aliphatic carbocycles. The minimum atomic E-state index is -2.72. The molecule has 4 atom stereocenters. The number of aromatic nitrogens is 3. The Bertz CT molecular complexity index is 1640. The molecule has 230 valence electrons. The molecule has 9 rings (SSSR count). The molecule has 2 saturated carbocycles. The highest BCUT2D eigenvalue weighted by Gasteiger charge is 2.54. The number of rotatable bonds is 7. The number of carbonyl (C=O) groups excluding carboxylic acids is 1. The van der Waals surface area contributed by atoms with E-state index in [9.17, 15) is 23.9 Å². The predicted octanol–water partition coefficient (Wildman–Crippen LogP) is 3.33. The number of fused-ring (bicyclic) bond motifs is 3. The largest absolute Gasteiger partial charge is 0.491 e. The summed E-state index contributed by atoms with van der Waals surface area (Å²) in [6, 6.07) is 8.11. The van der Waals surface area contributed by atoms with Gasteiger partial charge in [0.05, 0.1) is 41.7 Å². The van der Waals surface area contributed by atoms with Gasteiger partial charge in [-0.05, 0) is 43.9 Å². The van der Waals surface area contributed by atoms with Crippen LogP contribution in [0.5, 0.6) is 5.75 Å². The molecule has 0 aromatic carbocycles. The van der Waals surface area contributed by atoms with Gasteiger partial charge in [-0.2, -0.15) is 10.4 Å². The van der Waals surface area contributed by atoms with Crippen LogP contribution in [0.3, 0.4) is 0 Å². The SMILES string of the molecule is N#Cc1cnn2cc(OCCN3CC(O)C4(CC4)C3)cc(-c3ccc(N4CC5CC(C4)N5C(=O)C4CCC(F)(F)C4)nc3)c12. The summed E-state index contributed by atoms with van der Waals surface area (Å²) in [6.07, 6.45) is 7.69. The van der Waals surface area contributed by atoms with Crippen LogP contribution in [0.1, 0.15) is 44.1 Å². The fourth-order valence-electron chi connectivity index (χ4n) is 7.91. The Kier molecular flexibility index (Phi) is 6.36. The lowest BCUT2D eigenvalue weighted by atomic mass is 9.85. The van der Waals surface area contributed by atoms with Gasteiger partial charge in [-0.1, -0.05) is 0 Å². The Morgan fingerprint density at radius 2 is 1.98 bits per heavy atom. The summed E-state index contributed by atoms with van der Waals surface area (Å²) in [6.45, 7) is 4.04. The van der Waals surface area contributed by atoms with Crippen molar-refractivity contribution in [3.63, 3.8) is 0 Å². The number of pyridine rings is 2. The Balaban J connectivity index is 0.961. The van der Waals surface area contributed by atoms with Crippen LogP contribution in [0, 0.1) is 22.7 Å². The number of piperazine rings is 1. The van der Waals surface area contributed by atoms with Gasteiger partial charge in [0.1, 0.15) is 24.2 Å². The van der Waals surface area contributed by atoms with E-state index >= 15 is 0 Å². The van der Waals surface area contributed by atoms with Crippen LogP contribution in [0.4, 0.5) is 14.6 Å². The quantitative estimate of drug-likeness (QED) is 0.438. The van der Waals surface area contributed by atoms with E-state index in [1.165, 1.54) is 0 Å². The molecule has 6 aliphatic rings. The number of aliphatic hydroxyl groups excluding tert-OH is 1. The van der Waals surface area contributed by atoms with Crippen LogP contribution < -0.4 is 9.64 Å². The number of nitrogens with zero attached hydrogens (tertiary/aromatic N) is 7. The smallest absolute Gasteiger partial charge is 0.248 e. The van der Waals surface area contributed by atoms with Gasteiger partial charge in [-0.3, -0.25) is 9.69 Å². The molecular formula is C32H35F2N7O3. The van der Waals surface area contributed by atoms with Gasteiger partial charge in [0.25, 0.3) is 0 Å². The van der Waals surface area contributed by atoms with E-state index in [0.29, 0.717) is 43.1 Å². The van der Waals surface area contributed by atoms with Gasteiger partial charge in [0, 0.05) is 74.2 Å². The Morgan fingerprint density at radius 1 is 1.16 bits per heavy atom. The van der Waals surface area contributed by atoms with Gasteiger partial charge in [-0.25, -0.2) is 18.3 Å². The van der Waals surface area contributed by atoms with Crippen LogP contribution in [0.25, 0.3) is 16.6 Å². The van der Waals surface area contributed by atoms with Crippen molar-refractivity contribution in [2.45, 2.75) is 62.6 Å². The van der Waals surface area contributed by atoms with Gasteiger partial charge in [0.2, 0.25) is 11.8 Å². The molecule has 1 amide bonds. The van der Waals surface area contributed by atoms with E-state index in [1.807, 2.05) is 23.1 Å². The van der Waals surface area contributed by atoms with Crippen LogP contribution in [0.15, 0.2) is 36.8 Å². The summed E-state index contributed by atoms with van der Waals surface area (Å²) in [5.74, 6) is -1.98. The summed E-state index contributed by atoms with van der Waals surface area (Å²) in [4.78, 5) is 24.0. The molecule has 3 aromatic rings. The van der Waals surface area contributed by atoms with Crippen LogP contribution in [-0.4, -0.2) is 98.9 Å². The molecule has 12 heteroatoms. The van der Waals surface area contributed by atoms with Crippen molar-refractivity contribution in [1.82, 2.24) is 24.4 Å². The monoisotopic (exact) mass is 603 g/mol. The number of nitriles is 1. The lowest BCUT2D eigenvalue weighted by molar-refractivity contribution is -0.151. The number of ether oxygens (including phenoxy) is 1. The zero-order chi connectivity index (χ0) is 30.2. The first-order valence-electron chi connectivity index (χ1n) is 15.6. The third-order valence-electron chi connectivity index (χ3n) is 10.5. The number of hydrogen-bond acceptors (Lipinski definition) is 8. The fourth-order valence-corrected chi connectivity index (χ4v) is 7.91. The maximum atomic E-state index is 13.7. The van der Waals surface area contributed by atoms with Crippen LogP contribution in [-0.2, 0) is 4.79 Å². The molecule has 0 radical (unpaired) electrons. The van der Waals surface area contributed by atoms with Crippen molar-refractivity contribution in [1.29, 1.82) is 5.26 Å². The second-order valence-corrected chi connectivity index (χ2v) is 13.4. The highest BCUT2D eigenvalue weighted by molar-refractivity contribution is 5.85. The van der Waals surface area contributed by atoms with Crippen molar-refractivity contribution in [3.8, 4) is 22.9 Å². The van der Waals surface area contributed by atoms with Crippen LogP contribution >= 0.6 is 0 Å². The average Bonchev–Trinajstić information content (AvgIpc) is 3.36. The number of β-amino-alcohol motifs (C(OH)–C–C–N with tert-alkyl or cyclic N) is 1. The van der Waals surface area contributed by atoms with Gasteiger partial charge >= 0.3 is 0 Å². The zero-order valence-corrected chi connectivity index (χ0v) is 24.4. The lowest BCUT2D eigenvalue weighted by Crippen LogP contribution is -2.71. The number of carbonyl (C=O) groups is 1. The topological polar surface area (TPSA) is 110 Å². The number of hydrogen-bond donors (Lipinski definition) is 1. The molecular weight excluding hydrogens is 568 g/mol. The minimum absolute atomic E-state index is 0.0222. The van der Waals surface area contributed by atoms with Crippen molar-refractivity contribution in [2.24, 2.45) is 11.3 Å². The molecule has 10 nitrogen and oxygen atoms in total. The number of piperidine rings is 1. The van der Waals surface area contributed by atoms with E-state index in [4.69, 9.17) is 9.72 Å². The first-order valence-corrected chi connectivity index (χ1v) is 15.6. The molecule has 7 heterocycles. The molecule has 1 spiro atoms. The standard InChI is InChI=1S/C32H35F2N7O3/c33-32(34)4-3-20(11-32)30(43)41-23-9-24(41)16-39(15-23)28-2-1-21(13-36-28)26-10-25(17-40-29(26)22(12-35)14-37-40)44-8-7-38-18-27(42)31(19-38)5-6-31/h1-2,10,13-14,17,20,23-24,27,42H,3-9,11,15-16,18-19H2. The average molecular weight is 604 g/mol. The molecule has 4 aliphatic heterocycles. The lowest BCUT2D eigenvalue weighted by Gasteiger charge is -2.57. The normalized spacial score (nSPS) is 28.3. The van der Waals surface area contributed by atoms with E-state index < -0.39 is 11.8 Å². The van der Waals surface area contributed by atoms with E-state index in [-0.39, 0.29) is 48.8 Å². The number of aliphatic hydroxyl groups is 1. The van der Waals surface area contributed by atoms with Crippen molar-refractivity contribution >= 4 is 17.2 Å². The summed E-state index contributed by atoms with van der Waals surface area (Å²) >= 11 is 0. The van der Waals surface area contributed by atoms with Crippen molar-refractivity contribution < 1.29 is 23.4 Å². The van der Waals surface area contributed by atoms with E-state index in [1.54, 1.807) is 23.1 Å². The van der Waals surface area contributed by atoms with Crippen molar-refractivity contribution in [3.05, 3.63) is 42.4 Å². The van der Waals surface area contributed by atoms with E-state index in [2.05, 4.69) is 21.0 Å². The predicted molar refractivity (Wildman–Crippen MR) is 156 cm³/mol. The van der Waals surface area contributed by atoms with Gasteiger partial charge in [-0.15, -0.1) is 0 Å². The third kappa shape index (κ3) is 4.68. The molecule has 44 heavy (non-hydrogen) atoms. The maximum absolute atomic E-state index is 13.7. The molecule has 6 fully saturated rings. The molecule has 4 unspecified atom stereocenters. The van der Waals surface area contributed by atoms with Crippen molar-refractivity contribution in [2.75, 3.05) is 44.2 Å². The summed E-state index contributed by atoms with van der Waals surface area (Å²) in [5, 5.41) is 24.5. The summed E-state index contributed by atoms with van der Waals surface area (Å²) < 4.78 is 35.3. The number of likely N-dealkylation sites (tertiary alicyclic amines) is 1. The number of amides is 1. The second kappa shape index (κ2) is 10.1. The van der Waals surface area contributed by atoms with Crippen LogP contribution in [0.2, 0.25) is 0 Å². The second-order valence-electron chi connectivity index (χ2n) is 13.4. The van der Waals surface area contributed by atoms with E-state index in [0.717, 1.165) is 49.3 Å². The number of alkyl halides is 2. The Morgan fingerprint density at radius 3 is 2.64 bits per heavy atom. The molecule has 1 N–H and O–H groups in total. The Hall–Kier alpha value is -3.82. The molecule has 2 bridgehead atoms. The third-order valence-corrected chi connectivity index (χ3v) is 10.5. The zero-order valence-electron chi connectivity index (χ0n) is 24.4. The summed E-state index contributed by atoms with van der Waals surface area (Å²) in [7, 11) is 0. The minimum Gasteiger partial charge on any atom is -0.491 e. The van der Waals surface area contributed by atoms with Gasteiger partial charge in [0.15, 0.2) is 0 Å². The van der Waals surface area contributed by atoms with Gasteiger partial charge < -0.3 is 19.6 Å². The highest BCUT2D eigenvalue weighted by Crippen LogP contribution is 2.52. The molecule has 4 saturated heterocycles. The Labute approximate surface area is 253 Å². The highest BCUT2D eigenvalue weighted by atomic mass is 19.3. The number of anilines is 1. The first-order chi connectivity index (χ1) is 21.2. The fraction of sp³-hybridized carbons (Fsp3) is 0.562. The first kappa shape index (κ1) is 27.7.